The van der Waals surface area contributed by atoms with Crippen molar-refractivity contribution in [1.29, 1.82) is 0 Å². The normalized spacial score (nSPS) is 10.3. The minimum Gasteiger partial charge on any atom is -0.497 e. The number of para-hydroxylation sites is 3. The Morgan fingerprint density at radius 3 is 0.759 bits per heavy atom. The van der Waals surface area contributed by atoms with Crippen molar-refractivity contribution in [3.8, 4) is 5.75 Å². The Kier molecular flexibility index (Phi) is 12.5. The van der Waals surface area contributed by atoms with Crippen LogP contribution in [0.5, 0.6) is 5.75 Å². The molecule has 0 saturated heterocycles. The van der Waals surface area contributed by atoms with Gasteiger partial charge in [-0.25, -0.2) is 0 Å². The maximum Gasteiger partial charge on any atom is 0.233 e. The molecule has 0 spiro atoms. The molecule has 0 aliphatic carbocycles. The van der Waals surface area contributed by atoms with Gasteiger partial charge < -0.3 is 36.6 Å². The number of hydrogen-bond acceptors (Lipinski definition) is 13. The van der Waals surface area contributed by atoms with Crippen LogP contribution in [-0.2, 0) is 0 Å². The smallest absolute Gasteiger partial charge is 0.233 e. The first-order valence-corrected chi connectivity index (χ1v) is 18.5. The molecule has 2 heterocycles. The van der Waals surface area contributed by atoms with Crippen molar-refractivity contribution in [1.82, 2.24) is 29.9 Å². The maximum absolute atomic E-state index is 5.20. The van der Waals surface area contributed by atoms with E-state index < -0.39 is 0 Å². The maximum atomic E-state index is 5.20. The number of rotatable bonds is 13. The number of benzene rings is 6. The first-order valence-electron chi connectivity index (χ1n) is 18.5. The molecule has 2 aromatic heterocycles. The van der Waals surface area contributed by atoms with Gasteiger partial charge in [0.1, 0.15) is 5.75 Å². The van der Waals surface area contributed by atoms with Crippen LogP contribution >= 0.6 is 0 Å². The Labute approximate surface area is 337 Å². The molecule has 0 aliphatic rings. The number of methoxy groups -OCH3 is 1. The highest BCUT2D eigenvalue weighted by atomic mass is 16.5. The van der Waals surface area contributed by atoms with Crippen LogP contribution in [-0.4, -0.2) is 37.0 Å². The molecule has 13 heteroatoms. The summed E-state index contributed by atoms with van der Waals surface area (Å²) >= 11 is 0. The lowest BCUT2D eigenvalue weighted by Gasteiger charge is -2.12. The number of nitrogens with one attached hydrogen (secondary N) is 6. The van der Waals surface area contributed by atoms with E-state index in [-0.39, 0.29) is 0 Å². The fraction of sp³-hybridized carbons (Fsp3) is 0.0667. The lowest BCUT2D eigenvalue weighted by Crippen LogP contribution is -2.07. The van der Waals surface area contributed by atoms with Crippen molar-refractivity contribution in [2.24, 2.45) is 0 Å². The van der Waals surface area contributed by atoms with Gasteiger partial charge in [-0.3, -0.25) is 0 Å². The summed E-state index contributed by atoms with van der Waals surface area (Å²) in [5.41, 5.74) is 7.73. The highest BCUT2D eigenvalue weighted by Gasteiger charge is 2.10. The summed E-state index contributed by atoms with van der Waals surface area (Å²) in [6.07, 6.45) is 0. The molecule has 0 saturated carbocycles. The highest BCUT2D eigenvalue weighted by Crippen LogP contribution is 2.24. The Morgan fingerprint density at radius 2 is 0.517 bits per heavy atom. The van der Waals surface area contributed by atoms with Gasteiger partial charge in [0.15, 0.2) is 0 Å². The van der Waals surface area contributed by atoms with E-state index in [1.807, 2.05) is 164 Å². The molecule has 6 N–H and O–H groups in total. The van der Waals surface area contributed by atoms with Crippen LogP contribution < -0.4 is 36.6 Å². The van der Waals surface area contributed by atoms with Crippen LogP contribution in [0.25, 0.3) is 0 Å². The van der Waals surface area contributed by atoms with E-state index in [2.05, 4.69) is 75.7 Å². The Balaban J connectivity index is 0.000000177. The molecule has 0 bridgehead atoms. The molecular weight excluding hydrogens is 725 g/mol. The van der Waals surface area contributed by atoms with Crippen molar-refractivity contribution in [3.05, 3.63) is 175 Å². The SMILES string of the molecule is COc1ccc(Nc2nc(Nc3ccccc3)nc(Nc3ccccc3)n2)cc1.Cc1ccc(Nc2nc(Nc3ccccc3)nc(Nc3ccc(C)cc3)n2)cc1. The molecule has 8 aromatic rings. The molecule has 6 aromatic carbocycles. The molecule has 0 atom stereocenters. The highest BCUT2D eigenvalue weighted by molar-refractivity contribution is 5.64. The average molecular weight is 767 g/mol. The van der Waals surface area contributed by atoms with E-state index in [1.165, 1.54) is 11.1 Å². The summed E-state index contributed by atoms with van der Waals surface area (Å²) in [6.45, 7) is 4.11. The van der Waals surface area contributed by atoms with Gasteiger partial charge in [-0.2, -0.15) is 29.9 Å². The lowest BCUT2D eigenvalue weighted by molar-refractivity contribution is 0.415. The zero-order valence-electron chi connectivity index (χ0n) is 32.2. The van der Waals surface area contributed by atoms with E-state index in [0.29, 0.717) is 35.7 Å². The third-order valence-corrected chi connectivity index (χ3v) is 8.32. The van der Waals surface area contributed by atoms with E-state index in [4.69, 9.17) is 4.74 Å². The summed E-state index contributed by atoms with van der Waals surface area (Å²) < 4.78 is 5.20. The van der Waals surface area contributed by atoms with Gasteiger partial charge in [-0.1, -0.05) is 90.0 Å². The summed E-state index contributed by atoms with van der Waals surface area (Å²) in [5.74, 6) is 3.43. The number of hydrogen-bond donors (Lipinski definition) is 6. The van der Waals surface area contributed by atoms with Crippen molar-refractivity contribution >= 4 is 69.8 Å². The summed E-state index contributed by atoms with van der Waals surface area (Å²) in [6, 6.07) is 53.0. The van der Waals surface area contributed by atoms with Crippen LogP contribution in [0.4, 0.5) is 69.8 Å². The fourth-order valence-electron chi connectivity index (χ4n) is 5.37. The van der Waals surface area contributed by atoms with E-state index in [1.54, 1.807) is 7.11 Å². The standard InChI is InChI=1S/C23H22N6.C22H20N6O/c1-16-8-12-19(13-9-16)25-22-27-21(24-18-6-4-3-5-7-18)28-23(29-22)26-20-14-10-17(2)11-15-20;1-29-19-14-12-18(13-15-19)25-22-27-20(23-16-8-4-2-5-9-16)26-21(28-22)24-17-10-6-3-7-11-17/h3-15H,1-2H3,(H3,24,25,26,27,28,29);2-15H,1H3,(H3,23,24,25,26,27,28). The number of nitrogens with zero attached hydrogens (tertiary/aromatic N) is 6. The van der Waals surface area contributed by atoms with Gasteiger partial charge in [0.2, 0.25) is 35.7 Å². The molecule has 0 amide bonds. The lowest BCUT2D eigenvalue weighted by atomic mass is 10.2. The van der Waals surface area contributed by atoms with E-state index in [9.17, 15) is 0 Å². The van der Waals surface area contributed by atoms with Crippen molar-refractivity contribution in [2.75, 3.05) is 39.0 Å². The second-order valence-electron chi connectivity index (χ2n) is 12.9. The van der Waals surface area contributed by atoms with E-state index >= 15 is 0 Å². The van der Waals surface area contributed by atoms with Gasteiger partial charge in [0, 0.05) is 34.1 Å². The third-order valence-electron chi connectivity index (χ3n) is 8.32. The Hall–Kier alpha value is -8.06. The van der Waals surface area contributed by atoms with Crippen molar-refractivity contribution < 1.29 is 4.74 Å². The number of aryl methyl sites for hydroxylation is 2. The van der Waals surface area contributed by atoms with Crippen LogP contribution in [0.3, 0.4) is 0 Å². The molecule has 0 radical (unpaired) electrons. The molecule has 288 valence electrons. The quantitative estimate of drug-likeness (QED) is 0.0659. The molecule has 58 heavy (non-hydrogen) atoms. The van der Waals surface area contributed by atoms with Gasteiger partial charge >= 0.3 is 0 Å². The molecule has 0 unspecified atom stereocenters. The van der Waals surface area contributed by atoms with Gasteiger partial charge in [-0.05, 0) is 98.8 Å². The predicted octanol–water partition coefficient (Wildman–Crippen LogP) is 10.8. The first kappa shape index (κ1) is 38.2. The molecule has 0 aliphatic heterocycles. The second-order valence-corrected chi connectivity index (χ2v) is 12.9. The third kappa shape index (κ3) is 11.5. The number of aromatic nitrogens is 6. The van der Waals surface area contributed by atoms with Gasteiger partial charge in [-0.15, -0.1) is 0 Å². The summed E-state index contributed by atoms with van der Waals surface area (Å²) in [7, 11) is 1.64. The minimum atomic E-state index is 0.419. The Morgan fingerprint density at radius 1 is 0.293 bits per heavy atom. The van der Waals surface area contributed by atoms with Crippen molar-refractivity contribution in [2.45, 2.75) is 13.8 Å². The van der Waals surface area contributed by atoms with Gasteiger partial charge in [0.25, 0.3) is 0 Å². The van der Waals surface area contributed by atoms with Crippen LogP contribution in [0.1, 0.15) is 11.1 Å². The largest absolute Gasteiger partial charge is 0.497 e. The summed E-state index contributed by atoms with van der Waals surface area (Å²) in [4.78, 5) is 27.0. The van der Waals surface area contributed by atoms with Crippen LogP contribution in [0.15, 0.2) is 164 Å². The predicted molar refractivity (Wildman–Crippen MR) is 234 cm³/mol. The minimum absolute atomic E-state index is 0.419. The monoisotopic (exact) mass is 766 g/mol. The van der Waals surface area contributed by atoms with Crippen molar-refractivity contribution in [3.63, 3.8) is 0 Å². The zero-order chi connectivity index (χ0) is 39.9. The molecular formula is C45H42N12O. The van der Waals surface area contributed by atoms with Gasteiger partial charge in [0.05, 0.1) is 7.11 Å². The number of ether oxygens (including phenoxy) is 1. The van der Waals surface area contributed by atoms with E-state index in [0.717, 1.165) is 39.9 Å². The topological polar surface area (TPSA) is 159 Å². The first-order chi connectivity index (χ1) is 28.4. The van der Waals surface area contributed by atoms with Crippen LogP contribution in [0, 0.1) is 13.8 Å². The average Bonchev–Trinajstić information content (AvgIpc) is 3.24. The Bertz CT molecular complexity index is 2360. The zero-order valence-corrected chi connectivity index (χ0v) is 32.2. The fourth-order valence-corrected chi connectivity index (χ4v) is 5.37. The second kappa shape index (κ2) is 19.0. The van der Waals surface area contributed by atoms with Crippen LogP contribution in [0.2, 0.25) is 0 Å². The summed E-state index contributed by atoms with van der Waals surface area (Å²) in [5, 5.41) is 19.4. The molecule has 0 fully saturated rings. The molecule has 8 rings (SSSR count). The number of anilines is 12. The molecule has 13 nitrogen and oxygen atoms in total.